The zero-order chi connectivity index (χ0) is 5.28. The molecule has 0 bridgehead atoms. The fourth-order valence-corrected chi connectivity index (χ4v) is 0.426. The molecule has 0 spiro atoms. The summed E-state index contributed by atoms with van der Waals surface area (Å²) in [6, 6.07) is 0. The lowest BCUT2D eigenvalue weighted by Gasteiger charge is -1.84. The Hall–Kier alpha value is -0.860. The van der Waals surface area contributed by atoms with E-state index in [1.807, 2.05) is 0 Å². The van der Waals surface area contributed by atoms with Gasteiger partial charge in [0.05, 0.1) is 4.91 Å². The van der Waals surface area contributed by atoms with Gasteiger partial charge in [0.1, 0.15) is 0 Å². The lowest BCUT2D eigenvalue weighted by atomic mass is 10.4. The maximum Gasteiger partial charge on any atom is 0.281 e. The summed E-state index contributed by atoms with van der Waals surface area (Å²) in [5.41, 5.74) is 0. The van der Waals surface area contributed by atoms with Crippen molar-refractivity contribution in [3.63, 3.8) is 0 Å². The second kappa shape index (κ2) is 1.33. The smallest absolute Gasteiger partial charge is 0.220 e. The number of nitrogens with zero attached hydrogens (tertiary/aromatic N) is 1. The van der Waals surface area contributed by atoms with E-state index in [2.05, 4.69) is 4.84 Å². The van der Waals surface area contributed by atoms with E-state index in [1.165, 1.54) is 6.20 Å². The average Bonchev–Trinajstić information content (AvgIpc) is 1.87. The standard InChI is InChI=1S/C4H6NO2/c1-4-2-3-5(6)7-4/h2-4H,1H3/q+1. The van der Waals surface area contributed by atoms with Crippen LogP contribution in [0.5, 0.6) is 0 Å². The Labute approximate surface area is 41.1 Å². The summed E-state index contributed by atoms with van der Waals surface area (Å²) >= 11 is 0. The van der Waals surface area contributed by atoms with Crippen molar-refractivity contribution in [1.29, 1.82) is 0 Å². The fraction of sp³-hybridized carbons (Fsp3) is 0.500. The summed E-state index contributed by atoms with van der Waals surface area (Å²) in [5, 5.41) is 0. The molecule has 1 atom stereocenters. The van der Waals surface area contributed by atoms with Crippen LogP contribution in [0.3, 0.4) is 0 Å². The second-order valence-corrected chi connectivity index (χ2v) is 1.44. The first kappa shape index (κ1) is 4.30. The van der Waals surface area contributed by atoms with Crippen molar-refractivity contribution in [2.75, 3.05) is 0 Å². The molecule has 1 aliphatic heterocycles. The van der Waals surface area contributed by atoms with Crippen molar-refractivity contribution < 1.29 is 9.76 Å². The van der Waals surface area contributed by atoms with Gasteiger partial charge in [-0.3, -0.25) is 0 Å². The Morgan fingerprint density at radius 3 is 2.71 bits per heavy atom. The largest absolute Gasteiger partial charge is 0.281 e. The van der Waals surface area contributed by atoms with Gasteiger partial charge in [-0.15, -0.1) is 0 Å². The Bertz CT molecular complexity index is 119. The van der Waals surface area contributed by atoms with Gasteiger partial charge in [0, 0.05) is 6.08 Å². The molecule has 0 saturated carbocycles. The molecule has 0 N–H and O–H groups in total. The topological polar surface area (TPSA) is 29.3 Å². The first-order valence-electron chi connectivity index (χ1n) is 2.10. The molecular formula is C4H6NO2+. The molecule has 1 unspecified atom stereocenters. The van der Waals surface area contributed by atoms with E-state index in [4.69, 9.17) is 0 Å². The van der Waals surface area contributed by atoms with Crippen LogP contribution in [0.15, 0.2) is 12.3 Å². The minimum absolute atomic E-state index is 0.0440. The molecule has 0 aliphatic carbocycles. The summed E-state index contributed by atoms with van der Waals surface area (Å²) in [6.07, 6.45) is 3.00. The van der Waals surface area contributed by atoms with E-state index in [-0.39, 0.29) is 6.10 Å². The van der Waals surface area contributed by atoms with E-state index in [1.54, 1.807) is 13.0 Å². The fourth-order valence-electron chi connectivity index (χ4n) is 0.426. The van der Waals surface area contributed by atoms with Crippen LogP contribution in [-0.2, 0) is 4.84 Å². The van der Waals surface area contributed by atoms with Crippen LogP contribution >= 0.6 is 0 Å². The first-order valence-corrected chi connectivity index (χ1v) is 2.10. The molecule has 0 aromatic carbocycles. The zero-order valence-electron chi connectivity index (χ0n) is 4.00. The van der Waals surface area contributed by atoms with Gasteiger partial charge in [0.25, 0.3) is 11.1 Å². The van der Waals surface area contributed by atoms with Gasteiger partial charge >= 0.3 is 0 Å². The number of rotatable bonds is 0. The van der Waals surface area contributed by atoms with E-state index in [9.17, 15) is 4.91 Å². The van der Waals surface area contributed by atoms with Gasteiger partial charge in [0.15, 0.2) is 6.10 Å². The zero-order valence-corrected chi connectivity index (χ0v) is 4.00. The van der Waals surface area contributed by atoms with E-state index >= 15 is 0 Å². The van der Waals surface area contributed by atoms with Crippen molar-refractivity contribution in [2.45, 2.75) is 13.0 Å². The second-order valence-electron chi connectivity index (χ2n) is 1.44. The average molecular weight is 100 g/mol. The Kier molecular flexibility index (Phi) is 0.817. The van der Waals surface area contributed by atoms with Crippen molar-refractivity contribution in [2.24, 2.45) is 0 Å². The molecule has 1 aliphatic rings. The molecule has 0 fully saturated rings. The van der Waals surface area contributed by atoms with Crippen LogP contribution in [0.2, 0.25) is 0 Å². The van der Waals surface area contributed by atoms with Gasteiger partial charge in [0.2, 0.25) is 0 Å². The highest BCUT2D eigenvalue weighted by Crippen LogP contribution is 2.00. The third-order valence-electron chi connectivity index (χ3n) is 0.749. The van der Waals surface area contributed by atoms with Crippen LogP contribution in [0.25, 0.3) is 0 Å². The Morgan fingerprint density at radius 2 is 2.57 bits per heavy atom. The van der Waals surface area contributed by atoms with Gasteiger partial charge in [-0.05, 0) is 6.92 Å². The third kappa shape index (κ3) is 0.765. The summed E-state index contributed by atoms with van der Waals surface area (Å²) in [7, 11) is 0. The Balaban J connectivity index is 2.58. The van der Waals surface area contributed by atoms with E-state index < -0.39 is 0 Å². The van der Waals surface area contributed by atoms with Crippen molar-refractivity contribution >= 4 is 0 Å². The summed E-state index contributed by atoms with van der Waals surface area (Å²) < 4.78 is 0. The number of hydrogen-bond donors (Lipinski definition) is 0. The molecule has 1 rings (SSSR count). The minimum atomic E-state index is -0.0440. The number of hydrogen-bond acceptors (Lipinski definition) is 2. The van der Waals surface area contributed by atoms with E-state index in [0.717, 1.165) is 0 Å². The van der Waals surface area contributed by atoms with Crippen molar-refractivity contribution in [1.82, 2.24) is 0 Å². The molecule has 1 heterocycles. The maximum absolute atomic E-state index is 10.1. The van der Waals surface area contributed by atoms with Crippen LogP contribution < -0.4 is 0 Å². The minimum Gasteiger partial charge on any atom is -0.220 e. The van der Waals surface area contributed by atoms with Crippen molar-refractivity contribution in [3.05, 3.63) is 17.2 Å². The molecule has 38 valence electrons. The Morgan fingerprint density at radius 1 is 1.86 bits per heavy atom. The SMILES string of the molecule is CC1C=C[N+](=O)O1. The first-order chi connectivity index (χ1) is 3.29. The van der Waals surface area contributed by atoms with Gasteiger partial charge < -0.3 is 0 Å². The van der Waals surface area contributed by atoms with E-state index in [0.29, 0.717) is 4.92 Å². The molecule has 0 aromatic rings. The quantitative estimate of drug-likeness (QED) is 0.446. The van der Waals surface area contributed by atoms with Gasteiger partial charge in [-0.1, -0.05) is 0 Å². The van der Waals surface area contributed by atoms with Gasteiger partial charge in [-0.25, -0.2) is 4.84 Å². The maximum atomic E-state index is 10.1. The molecule has 7 heavy (non-hydrogen) atoms. The normalized spacial score (nSPS) is 28.1. The summed E-state index contributed by atoms with van der Waals surface area (Å²) in [6.45, 7) is 1.80. The van der Waals surface area contributed by atoms with Crippen LogP contribution in [-0.4, -0.2) is 11.0 Å². The molecule has 3 heteroatoms. The predicted octanol–water partition coefficient (Wildman–Crippen LogP) is 0.613. The molecule has 0 aromatic heterocycles. The van der Waals surface area contributed by atoms with Crippen LogP contribution in [0, 0.1) is 4.91 Å². The lowest BCUT2D eigenvalue weighted by molar-refractivity contribution is -0.752. The molecular weight excluding hydrogens is 94.0 g/mol. The summed E-state index contributed by atoms with van der Waals surface area (Å²) in [5.74, 6) is 0. The monoisotopic (exact) mass is 100 g/mol. The summed E-state index contributed by atoms with van der Waals surface area (Å²) in [4.78, 5) is 15.0. The van der Waals surface area contributed by atoms with Gasteiger partial charge in [-0.2, -0.15) is 0 Å². The highest BCUT2D eigenvalue weighted by atomic mass is 16.8. The van der Waals surface area contributed by atoms with Crippen LogP contribution in [0.1, 0.15) is 6.92 Å². The molecule has 0 radical (unpaired) electrons. The molecule has 3 nitrogen and oxygen atoms in total. The highest BCUT2D eigenvalue weighted by Gasteiger charge is 2.18. The third-order valence-corrected chi connectivity index (χ3v) is 0.749. The van der Waals surface area contributed by atoms with Crippen LogP contribution in [0.4, 0.5) is 0 Å². The lowest BCUT2D eigenvalue weighted by Crippen LogP contribution is -2.01. The molecule has 0 saturated heterocycles. The predicted molar refractivity (Wildman–Crippen MR) is 23.3 cm³/mol. The molecule has 0 amide bonds. The highest BCUT2D eigenvalue weighted by molar-refractivity contribution is 4.81. The van der Waals surface area contributed by atoms with Crippen molar-refractivity contribution in [3.8, 4) is 0 Å².